The molecule has 0 aromatic carbocycles. The van der Waals surface area contributed by atoms with Crippen LogP contribution in [0.15, 0.2) is 12.2 Å². The normalized spacial score (nSPS) is 21.2. The van der Waals surface area contributed by atoms with Gasteiger partial charge >= 0.3 is 0 Å². The molecule has 1 aliphatic heterocycles. The lowest BCUT2D eigenvalue weighted by atomic mass is 9.98. The summed E-state index contributed by atoms with van der Waals surface area (Å²) in [4.78, 5) is 13.1. The number of rotatable bonds is 45. The Morgan fingerprint density at radius 2 is 0.937 bits per heavy atom. The highest BCUT2D eigenvalue weighted by Gasteiger charge is 2.44. The summed E-state index contributed by atoms with van der Waals surface area (Å²) in [5, 5.41) is 75.8. The zero-order chi connectivity index (χ0) is 46.2. The number of hydrogen-bond acceptors (Lipinski definition) is 10. The fourth-order valence-corrected chi connectivity index (χ4v) is 8.68. The molecule has 0 bridgehead atoms. The number of nitrogens with one attached hydrogen (secondary N) is 1. The van der Waals surface area contributed by atoms with Crippen LogP contribution in [0.5, 0.6) is 0 Å². The Hall–Kier alpha value is -1.15. The maximum absolute atomic E-state index is 13.1. The molecule has 0 aromatic rings. The van der Waals surface area contributed by atoms with Gasteiger partial charge in [-0.3, -0.25) is 4.79 Å². The molecular formula is C52H101NO10. The number of hydrogen-bond donors (Lipinski definition) is 8. The van der Waals surface area contributed by atoms with Gasteiger partial charge in [-0.05, 0) is 38.5 Å². The van der Waals surface area contributed by atoms with E-state index in [2.05, 4.69) is 31.3 Å². The van der Waals surface area contributed by atoms with Crippen LogP contribution in [-0.4, -0.2) is 110 Å². The molecule has 63 heavy (non-hydrogen) atoms. The second-order valence-electron chi connectivity index (χ2n) is 19.0. The predicted octanol–water partition coefficient (Wildman–Crippen LogP) is 10.0. The molecule has 9 atom stereocenters. The molecule has 0 radical (unpaired) electrons. The second-order valence-corrected chi connectivity index (χ2v) is 19.0. The Labute approximate surface area is 385 Å². The van der Waals surface area contributed by atoms with E-state index in [9.17, 15) is 40.5 Å². The lowest BCUT2D eigenvalue weighted by Crippen LogP contribution is -2.60. The molecule has 0 aliphatic carbocycles. The zero-order valence-electron chi connectivity index (χ0n) is 40.6. The van der Waals surface area contributed by atoms with Gasteiger partial charge in [-0.15, -0.1) is 0 Å². The number of allylic oxidation sites excluding steroid dienone is 2. The van der Waals surface area contributed by atoms with Crippen LogP contribution in [0.2, 0.25) is 0 Å². The van der Waals surface area contributed by atoms with E-state index in [-0.39, 0.29) is 12.8 Å². The zero-order valence-corrected chi connectivity index (χ0v) is 40.6. The van der Waals surface area contributed by atoms with Crippen molar-refractivity contribution in [2.24, 2.45) is 0 Å². The molecule has 0 saturated carbocycles. The monoisotopic (exact) mass is 900 g/mol. The maximum atomic E-state index is 13.1. The van der Waals surface area contributed by atoms with E-state index in [1.807, 2.05) is 0 Å². The number of aliphatic hydroxyl groups excluding tert-OH is 7. The summed E-state index contributed by atoms with van der Waals surface area (Å²) in [6.45, 7) is 3.45. The summed E-state index contributed by atoms with van der Waals surface area (Å²) in [6, 6.07) is -1.18. The van der Waals surface area contributed by atoms with Gasteiger partial charge in [-0.1, -0.05) is 219 Å². The van der Waals surface area contributed by atoms with Crippen LogP contribution in [0.25, 0.3) is 0 Å². The van der Waals surface area contributed by atoms with Gasteiger partial charge in [-0.25, -0.2) is 0 Å². The van der Waals surface area contributed by atoms with E-state index < -0.39 is 74.2 Å². The molecule has 1 heterocycles. The van der Waals surface area contributed by atoms with E-state index in [1.54, 1.807) is 0 Å². The van der Waals surface area contributed by atoms with Crippen molar-refractivity contribution in [3.63, 3.8) is 0 Å². The number of ether oxygens (including phenoxy) is 2. The van der Waals surface area contributed by atoms with Gasteiger partial charge in [-0.2, -0.15) is 0 Å². The van der Waals surface area contributed by atoms with Crippen molar-refractivity contribution >= 4 is 5.91 Å². The first kappa shape index (κ1) is 59.9. The average molecular weight is 900 g/mol. The molecule has 11 nitrogen and oxygen atoms in total. The van der Waals surface area contributed by atoms with Gasteiger partial charge in [0.15, 0.2) is 6.29 Å². The van der Waals surface area contributed by atoms with Crippen LogP contribution in [0.4, 0.5) is 0 Å². The van der Waals surface area contributed by atoms with Crippen molar-refractivity contribution in [2.75, 3.05) is 13.2 Å². The first-order chi connectivity index (χ1) is 30.7. The lowest BCUT2D eigenvalue weighted by molar-refractivity contribution is -0.303. The van der Waals surface area contributed by atoms with E-state index >= 15 is 0 Å². The highest BCUT2D eigenvalue weighted by atomic mass is 16.7. The van der Waals surface area contributed by atoms with Crippen molar-refractivity contribution in [3.8, 4) is 0 Å². The third-order valence-corrected chi connectivity index (χ3v) is 13.1. The average Bonchev–Trinajstić information content (AvgIpc) is 3.28. The number of aliphatic hydroxyl groups is 7. The third kappa shape index (κ3) is 31.5. The SMILES string of the molecule is CCCCCCCCCCC/C=C/CCCC(O)C(O)C(COC1OC(CO)C(O)C(O)C1O)NC(=O)C(O)CCCCCCCCCCCCCCCCCCCCCCCC. The first-order valence-corrected chi connectivity index (χ1v) is 26.6. The van der Waals surface area contributed by atoms with Crippen LogP contribution in [0.3, 0.4) is 0 Å². The molecule has 11 heteroatoms. The van der Waals surface area contributed by atoms with E-state index in [4.69, 9.17) is 9.47 Å². The Bertz CT molecular complexity index is 1030. The molecule has 0 spiro atoms. The van der Waals surface area contributed by atoms with Gasteiger partial charge in [0, 0.05) is 0 Å². The summed E-state index contributed by atoms with van der Waals surface area (Å²) in [5.74, 6) is -0.702. The Balaban J connectivity index is 2.35. The van der Waals surface area contributed by atoms with Crippen LogP contribution < -0.4 is 5.32 Å². The fourth-order valence-electron chi connectivity index (χ4n) is 8.68. The van der Waals surface area contributed by atoms with Crippen LogP contribution >= 0.6 is 0 Å². The molecule has 1 aliphatic rings. The summed E-state index contributed by atoms with van der Waals surface area (Å²) in [7, 11) is 0. The molecule has 1 rings (SSSR count). The molecule has 0 aromatic heterocycles. The first-order valence-electron chi connectivity index (χ1n) is 26.6. The number of carbonyl (C=O) groups excluding carboxylic acids is 1. The van der Waals surface area contributed by atoms with E-state index in [0.29, 0.717) is 12.8 Å². The quantitative estimate of drug-likeness (QED) is 0.0216. The van der Waals surface area contributed by atoms with Crippen LogP contribution in [-0.2, 0) is 14.3 Å². The van der Waals surface area contributed by atoms with Crippen molar-refractivity contribution in [2.45, 2.75) is 300 Å². The van der Waals surface area contributed by atoms with Gasteiger partial charge in [0.1, 0.15) is 36.6 Å². The maximum Gasteiger partial charge on any atom is 0.249 e. The minimum absolute atomic E-state index is 0.259. The molecular weight excluding hydrogens is 799 g/mol. The number of unbranched alkanes of at least 4 members (excludes halogenated alkanes) is 31. The Kier molecular flexibility index (Phi) is 40.1. The van der Waals surface area contributed by atoms with Gasteiger partial charge in [0.25, 0.3) is 0 Å². The number of amides is 1. The Morgan fingerprint density at radius 3 is 1.37 bits per heavy atom. The minimum atomic E-state index is -1.66. The van der Waals surface area contributed by atoms with Gasteiger partial charge < -0.3 is 50.5 Å². The predicted molar refractivity (Wildman–Crippen MR) is 256 cm³/mol. The van der Waals surface area contributed by atoms with E-state index in [0.717, 1.165) is 38.5 Å². The molecule has 9 unspecified atom stereocenters. The summed E-state index contributed by atoms with van der Waals surface area (Å²) in [6.07, 6.45) is 35.5. The minimum Gasteiger partial charge on any atom is -0.394 e. The highest BCUT2D eigenvalue weighted by Crippen LogP contribution is 2.23. The molecule has 8 N–H and O–H groups in total. The van der Waals surface area contributed by atoms with Crippen molar-refractivity contribution in [1.29, 1.82) is 0 Å². The number of carbonyl (C=O) groups is 1. The van der Waals surface area contributed by atoms with E-state index in [1.165, 1.54) is 167 Å². The summed E-state index contributed by atoms with van der Waals surface area (Å²) >= 11 is 0. The van der Waals surface area contributed by atoms with Crippen LogP contribution in [0.1, 0.15) is 245 Å². The van der Waals surface area contributed by atoms with Gasteiger partial charge in [0.05, 0.1) is 25.4 Å². The largest absolute Gasteiger partial charge is 0.394 e. The summed E-state index contributed by atoms with van der Waals surface area (Å²) in [5.41, 5.74) is 0. The standard InChI is InChI=1S/C52H101NO10/c1-3-5-7-9-11-13-15-17-19-20-21-22-23-24-25-26-28-30-32-34-36-38-40-45(56)51(61)53-43(42-62-52-50(60)49(59)48(58)46(41-54)63-52)47(57)44(55)39-37-35-33-31-29-27-18-16-14-12-10-8-6-4-2/h31,33,43-50,52,54-60H,3-30,32,34-42H2,1-2H3,(H,53,61)/b33-31+. The van der Waals surface area contributed by atoms with Crippen molar-refractivity contribution < 1.29 is 50.0 Å². The molecule has 1 amide bonds. The highest BCUT2D eigenvalue weighted by molar-refractivity contribution is 5.80. The van der Waals surface area contributed by atoms with Crippen LogP contribution in [0, 0.1) is 0 Å². The topological polar surface area (TPSA) is 189 Å². The molecule has 1 fully saturated rings. The van der Waals surface area contributed by atoms with Gasteiger partial charge in [0.2, 0.25) is 5.91 Å². The smallest absolute Gasteiger partial charge is 0.249 e. The summed E-state index contributed by atoms with van der Waals surface area (Å²) < 4.78 is 11.1. The third-order valence-electron chi connectivity index (χ3n) is 13.1. The molecule has 1 saturated heterocycles. The lowest BCUT2D eigenvalue weighted by Gasteiger charge is -2.40. The van der Waals surface area contributed by atoms with Crippen molar-refractivity contribution in [3.05, 3.63) is 12.2 Å². The Morgan fingerprint density at radius 1 is 0.540 bits per heavy atom. The fraction of sp³-hybridized carbons (Fsp3) is 0.942. The van der Waals surface area contributed by atoms with Crippen molar-refractivity contribution in [1.82, 2.24) is 5.32 Å². The molecule has 374 valence electrons. The second kappa shape index (κ2) is 42.2.